The predicted molar refractivity (Wildman–Crippen MR) is 70.2 cm³/mol. The van der Waals surface area contributed by atoms with Crippen molar-refractivity contribution in [2.45, 2.75) is 32.2 Å². The molecule has 0 aliphatic carbocycles. The molecular formula is C13H17ClN2O. The minimum Gasteiger partial charge on any atom is -0.398 e. The van der Waals surface area contributed by atoms with Gasteiger partial charge in [-0.15, -0.1) is 0 Å². The number of hydrogen-bond acceptors (Lipinski definition) is 2. The van der Waals surface area contributed by atoms with Crippen molar-refractivity contribution in [2.24, 2.45) is 0 Å². The Balaban J connectivity index is 2.28. The molecule has 0 aromatic heterocycles. The van der Waals surface area contributed by atoms with Crippen LogP contribution in [0.2, 0.25) is 5.02 Å². The highest BCUT2D eigenvalue weighted by atomic mass is 35.5. The maximum absolute atomic E-state index is 12.4. The highest BCUT2D eigenvalue weighted by Gasteiger charge is 2.29. The Morgan fingerprint density at radius 3 is 3.06 bits per heavy atom. The van der Waals surface area contributed by atoms with E-state index in [4.69, 9.17) is 17.3 Å². The van der Waals surface area contributed by atoms with E-state index in [0.29, 0.717) is 22.3 Å². The average Bonchev–Trinajstić information content (AvgIpc) is 2.80. The minimum atomic E-state index is 0.00616. The average molecular weight is 253 g/mol. The fourth-order valence-corrected chi connectivity index (χ4v) is 2.60. The van der Waals surface area contributed by atoms with Gasteiger partial charge in [-0.2, -0.15) is 0 Å². The predicted octanol–water partition coefficient (Wildman–Crippen LogP) is 2.94. The standard InChI is InChI=1S/C13H17ClN2O/c1-2-9-5-4-8-16(9)13(17)10-6-3-7-11(15)12(10)14/h3,6-7,9H,2,4-5,8,15H2,1H3. The zero-order valence-corrected chi connectivity index (χ0v) is 10.7. The molecule has 92 valence electrons. The second-order valence-electron chi connectivity index (χ2n) is 4.41. The zero-order chi connectivity index (χ0) is 12.4. The van der Waals surface area contributed by atoms with E-state index in [0.717, 1.165) is 25.8 Å². The minimum absolute atomic E-state index is 0.00616. The molecule has 2 rings (SSSR count). The molecule has 0 saturated carbocycles. The summed E-state index contributed by atoms with van der Waals surface area (Å²) in [7, 11) is 0. The molecule has 1 atom stereocenters. The number of nitrogen functional groups attached to an aromatic ring is 1. The van der Waals surface area contributed by atoms with Gasteiger partial charge in [0.05, 0.1) is 16.3 Å². The molecule has 0 bridgehead atoms. The maximum Gasteiger partial charge on any atom is 0.255 e. The number of carbonyl (C=O) groups is 1. The van der Waals surface area contributed by atoms with Crippen molar-refractivity contribution in [1.29, 1.82) is 0 Å². The number of likely N-dealkylation sites (tertiary alicyclic amines) is 1. The smallest absolute Gasteiger partial charge is 0.255 e. The molecule has 4 heteroatoms. The molecule has 1 heterocycles. The van der Waals surface area contributed by atoms with Crippen molar-refractivity contribution < 1.29 is 4.79 Å². The van der Waals surface area contributed by atoms with Gasteiger partial charge >= 0.3 is 0 Å². The van der Waals surface area contributed by atoms with Gasteiger partial charge in [0.1, 0.15) is 0 Å². The lowest BCUT2D eigenvalue weighted by molar-refractivity contribution is 0.0734. The first-order valence-electron chi connectivity index (χ1n) is 6.00. The van der Waals surface area contributed by atoms with Crippen LogP contribution in [0.15, 0.2) is 18.2 Å². The number of rotatable bonds is 2. The molecule has 2 N–H and O–H groups in total. The lowest BCUT2D eigenvalue weighted by Gasteiger charge is -2.24. The second kappa shape index (κ2) is 4.96. The van der Waals surface area contributed by atoms with E-state index in [2.05, 4.69) is 6.92 Å². The quantitative estimate of drug-likeness (QED) is 0.823. The maximum atomic E-state index is 12.4. The molecule has 1 aliphatic heterocycles. The summed E-state index contributed by atoms with van der Waals surface area (Å²) in [6.45, 7) is 2.93. The summed E-state index contributed by atoms with van der Waals surface area (Å²) in [6.07, 6.45) is 3.15. The monoisotopic (exact) mass is 252 g/mol. The van der Waals surface area contributed by atoms with Crippen molar-refractivity contribution in [3.63, 3.8) is 0 Å². The first kappa shape index (κ1) is 12.2. The van der Waals surface area contributed by atoms with Crippen molar-refractivity contribution in [1.82, 2.24) is 4.90 Å². The van der Waals surface area contributed by atoms with Crippen LogP contribution in [0.4, 0.5) is 5.69 Å². The molecule has 0 spiro atoms. The summed E-state index contributed by atoms with van der Waals surface area (Å²) in [5, 5.41) is 0.374. The van der Waals surface area contributed by atoms with Gasteiger partial charge in [0.15, 0.2) is 0 Å². The van der Waals surface area contributed by atoms with Crippen LogP contribution in [0.3, 0.4) is 0 Å². The first-order chi connectivity index (χ1) is 8.15. The second-order valence-corrected chi connectivity index (χ2v) is 4.79. The molecule has 3 nitrogen and oxygen atoms in total. The molecule has 1 aliphatic rings. The molecule has 0 radical (unpaired) electrons. The molecule has 1 unspecified atom stereocenters. The fraction of sp³-hybridized carbons (Fsp3) is 0.462. The Hall–Kier alpha value is -1.22. The summed E-state index contributed by atoms with van der Waals surface area (Å²) in [6, 6.07) is 5.57. The van der Waals surface area contributed by atoms with Crippen LogP contribution < -0.4 is 5.73 Å². The van der Waals surface area contributed by atoms with Crippen LogP contribution in [0.5, 0.6) is 0 Å². The summed E-state index contributed by atoms with van der Waals surface area (Å²) in [5.74, 6) is 0.00616. The van der Waals surface area contributed by atoms with E-state index in [9.17, 15) is 4.79 Å². The number of nitrogens with two attached hydrogens (primary N) is 1. The van der Waals surface area contributed by atoms with Crippen LogP contribution in [-0.4, -0.2) is 23.4 Å². The number of nitrogens with zero attached hydrogens (tertiary/aromatic N) is 1. The number of benzene rings is 1. The van der Waals surface area contributed by atoms with E-state index < -0.39 is 0 Å². The SMILES string of the molecule is CCC1CCCN1C(=O)c1cccc(N)c1Cl. The van der Waals surface area contributed by atoms with Gasteiger partial charge in [0.2, 0.25) is 0 Å². The van der Waals surface area contributed by atoms with Crippen molar-refractivity contribution in [3.05, 3.63) is 28.8 Å². The van der Waals surface area contributed by atoms with Gasteiger partial charge in [-0.05, 0) is 31.4 Å². The fourth-order valence-electron chi connectivity index (χ4n) is 2.40. The topological polar surface area (TPSA) is 46.3 Å². The third kappa shape index (κ3) is 2.25. The summed E-state index contributed by atoms with van der Waals surface area (Å²) < 4.78 is 0. The number of carbonyl (C=O) groups excluding carboxylic acids is 1. The summed E-state index contributed by atoms with van der Waals surface area (Å²) in [5.41, 5.74) is 6.70. The third-order valence-corrected chi connectivity index (χ3v) is 3.79. The summed E-state index contributed by atoms with van der Waals surface area (Å²) >= 11 is 6.08. The van der Waals surface area contributed by atoms with E-state index >= 15 is 0 Å². The molecule has 1 saturated heterocycles. The van der Waals surface area contributed by atoms with Crippen molar-refractivity contribution in [2.75, 3.05) is 12.3 Å². The van der Waals surface area contributed by atoms with Crippen LogP contribution in [0.1, 0.15) is 36.5 Å². The van der Waals surface area contributed by atoms with E-state index in [1.807, 2.05) is 4.90 Å². The van der Waals surface area contributed by atoms with Gasteiger partial charge in [0, 0.05) is 12.6 Å². The Bertz CT molecular complexity index is 433. The van der Waals surface area contributed by atoms with Gasteiger partial charge in [0.25, 0.3) is 5.91 Å². The largest absolute Gasteiger partial charge is 0.398 e. The molecular weight excluding hydrogens is 236 g/mol. The molecule has 1 amide bonds. The molecule has 1 fully saturated rings. The molecule has 1 aromatic carbocycles. The first-order valence-corrected chi connectivity index (χ1v) is 6.38. The third-order valence-electron chi connectivity index (χ3n) is 3.37. The van der Waals surface area contributed by atoms with Crippen LogP contribution in [0.25, 0.3) is 0 Å². The van der Waals surface area contributed by atoms with Gasteiger partial charge < -0.3 is 10.6 Å². The number of halogens is 1. The van der Waals surface area contributed by atoms with E-state index in [1.54, 1.807) is 18.2 Å². The number of hydrogen-bond donors (Lipinski definition) is 1. The number of amides is 1. The van der Waals surface area contributed by atoms with Gasteiger partial charge in [-0.1, -0.05) is 24.6 Å². The Morgan fingerprint density at radius 1 is 1.59 bits per heavy atom. The molecule has 1 aromatic rings. The Labute approximate surface area is 107 Å². The van der Waals surface area contributed by atoms with Crippen LogP contribution >= 0.6 is 11.6 Å². The van der Waals surface area contributed by atoms with Gasteiger partial charge in [-0.3, -0.25) is 4.79 Å². The van der Waals surface area contributed by atoms with Gasteiger partial charge in [-0.25, -0.2) is 0 Å². The van der Waals surface area contributed by atoms with Crippen LogP contribution in [0, 0.1) is 0 Å². The van der Waals surface area contributed by atoms with Crippen molar-refractivity contribution >= 4 is 23.2 Å². The highest BCUT2D eigenvalue weighted by Crippen LogP contribution is 2.28. The normalized spacial score (nSPS) is 19.6. The molecule has 17 heavy (non-hydrogen) atoms. The van der Waals surface area contributed by atoms with E-state index in [1.165, 1.54) is 0 Å². The Morgan fingerprint density at radius 2 is 2.35 bits per heavy atom. The summed E-state index contributed by atoms with van der Waals surface area (Å²) in [4.78, 5) is 14.3. The zero-order valence-electron chi connectivity index (χ0n) is 9.95. The van der Waals surface area contributed by atoms with E-state index in [-0.39, 0.29) is 5.91 Å². The lowest BCUT2D eigenvalue weighted by Crippen LogP contribution is -2.35. The number of anilines is 1. The van der Waals surface area contributed by atoms with Crippen molar-refractivity contribution in [3.8, 4) is 0 Å². The Kier molecular flexibility index (Phi) is 3.57. The lowest BCUT2D eigenvalue weighted by atomic mass is 10.1. The van der Waals surface area contributed by atoms with Crippen LogP contribution in [-0.2, 0) is 0 Å². The highest BCUT2D eigenvalue weighted by molar-refractivity contribution is 6.36.